The number of primary amides is 1. The third-order valence-corrected chi connectivity index (χ3v) is 5.85. The number of halogens is 1. The molecule has 2 atom stereocenters. The van der Waals surface area contributed by atoms with Gasteiger partial charge in [0.2, 0.25) is 11.8 Å². The second-order valence-electron chi connectivity index (χ2n) is 9.74. The highest BCUT2D eigenvalue weighted by Crippen LogP contribution is 2.30. The van der Waals surface area contributed by atoms with Gasteiger partial charge in [0, 0.05) is 13.0 Å². The molecule has 2 aromatic rings. The first-order chi connectivity index (χ1) is 17.7. The normalized spacial score (nSPS) is 12.7. The number of ether oxygens (including phenoxy) is 1. The predicted octanol–water partition coefficient (Wildman–Crippen LogP) is 4.04. The van der Waals surface area contributed by atoms with Crippen LogP contribution < -0.4 is 16.4 Å². The lowest BCUT2D eigenvalue weighted by Gasteiger charge is -2.34. The Labute approximate surface area is 227 Å². The van der Waals surface area contributed by atoms with Crippen LogP contribution >= 0.6 is 11.6 Å². The molecule has 38 heavy (non-hydrogen) atoms. The number of aryl methyl sites for hydroxylation is 1. The van der Waals surface area contributed by atoms with Crippen LogP contribution in [0, 0.1) is 6.92 Å². The Kier molecular flexibility index (Phi) is 10.5. The maximum atomic E-state index is 13.8. The lowest BCUT2D eigenvalue weighted by Crippen LogP contribution is -2.52. The summed E-state index contributed by atoms with van der Waals surface area (Å²) in [5.41, 5.74) is 5.99. The first-order valence-electron chi connectivity index (χ1n) is 12.2. The summed E-state index contributed by atoms with van der Waals surface area (Å²) in [6.45, 7) is 8.55. The molecule has 206 valence electrons. The summed E-state index contributed by atoms with van der Waals surface area (Å²) >= 11 is 6.32. The topological polar surface area (TPSA) is 151 Å². The third kappa shape index (κ3) is 8.65. The standard InChI is InChI=1S/C27H35ClN4O6/c1-6-32(25(36)20(14-15-21(29)34)30-26(37)38-27(3,4)5)23(17-10-12-18(33)13-11-17)24(35)31-22-16(2)8-7-9-19(22)28/h7-13,20,23,33H,6,14-15H2,1-5H3,(H2,29,34)(H,30,37)(H,31,35). The van der Waals surface area contributed by atoms with E-state index in [0.29, 0.717) is 16.3 Å². The molecule has 0 spiro atoms. The Morgan fingerprint density at radius 1 is 1.11 bits per heavy atom. The molecule has 2 aromatic carbocycles. The number of likely N-dealkylation sites (N-methyl/N-ethyl adjacent to an activating group) is 1. The van der Waals surface area contributed by atoms with E-state index in [1.165, 1.54) is 29.2 Å². The zero-order chi connectivity index (χ0) is 28.6. The summed E-state index contributed by atoms with van der Waals surface area (Å²) in [4.78, 5) is 52.8. The van der Waals surface area contributed by atoms with Crippen molar-refractivity contribution in [1.82, 2.24) is 10.2 Å². The van der Waals surface area contributed by atoms with E-state index >= 15 is 0 Å². The first kappa shape index (κ1) is 30.4. The Morgan fingerprint density at radius 2 is 1.74 bits per heavy atom. The van der Waals surface area contributed by atoms with Crippen LogP contribution in [-0.4, -0.2) is 52.0 Å². The molecule has 11 heteroatoms. The summed E-state index contributed by atoms with van der Waals surface area (Å²) in [5.74, 6) is -1.86. The van der Waals surface area contributed by atoms with Gasteiger partial charge in [0.25, 0.3) is 5.91 Å². The molecule has 4 amide bonds. The molecule has 0 aromatic heterocycles. The van der Waals surface area contributed by atoms with Crippen molar-refractivity contribution in [1.29, 1.82) is 0 Å². The lowest BCUT2D eigenvalue weighted by atomic mass is 10.0. The molecule has 5 N–H and O–H groups in total. The van der Waals surface area contributed by atoms with E-state index in [9.17, 15) is 24.3 Å². The molecule has 0 aliphatic rings. The smallest absolute Gasteiger partial charge is 0.408 e. The summed E-state index contributed by atoms with van der Waals surface area (Å²) in [7, 11) is 0. The number of rotatable bonds is 10. The minimum Gasteiger partial charge on any atom is -0.508 e. The van der Waals surface area contributed by atoms with Crippen LogP contribution in [0.5, 0.6) is 5.75 Å². The van der Waals surface area contributed by atoms with Crippen molar-refractivity contribution >= 4 is 41.1 Å². The molecule has 0 aliphatic heterocycles. The number of aromatic hydroxyl groups is 1. The number of amides is 4. The highest BCUT2D eigenvalue weighted by molar-refractivity contribution is 6.34. The minimum atomic E-state index is -1.20. The average molecular weight is 547 g/mol. The van der Waals surface area contributed by atoms with E-state index in [1.807, 2.05) is 0 Å². The second-order valence-corrected chi connectivity index (χ2v) is 10.2. The van der Waals surface area contributed by atoms with Crippen LogP contribution in [-0.2, 0) is 19.1 Å². The van der Waals surface area contributed by atoms with Gasteiger partial charge in [0.05, 0.1) is 10.7 Å². The van der Waals surface area contributed by atoms with E-state index in [2.05, 4.69) is 10.6 Å². The molecule has 0 heterocycles. The summed E-state index contributed by atoms with van der Waals surface area (Å²) < 4.78 is 5.29. The number of carbonyl (C=O) groups is 4. The Bertz CT molecular complexity index is 1140. The summed E-state index contributed by atoms with van der Waals surface area (Å²) in [6.07, 6.45) is -1.13. The van der Waals surface area contributed by atoms with Gasteiger partial charge in [-0.3, -0.25) is 14.4 Å². The van der Waals surface area contributed by atoms with Gasteiger partial charge in [-0.05, 0) is 70.4 Å². The number of anilines is 1. The van der Waals surface area contributed by atoms with Gasteiger partial charge in [-0.2, -0.15) is 0 Å². The molecular formula is C27H35ClN4O6. The maximum Gasteiger partial charge on any atom is 0.408 e. The fraction of sp³-hybridized carbons (Fsp3) is 0.407. The maximum absolute atomic E-state index is 13.8. The number of nitrogens with zero attached hydrogens (tertiary/aromatic N) is 1. The number of hydrogen-bond acceptors (Lipinski definition) is 6. The molecule has 0 saturated carbocycles. The van der Waals surface area contributed by atoms with Gasteiger partial charge in [-0.15, -0.1) is 0 Å². The van der Waals surface area contributed by atoms with Crippen LogP contribution in [0.2, 0.25) is 5.02 Å². The van der Waals surface area contributed by atoms with E-state index in [1.54, 1.807) is 52.8 Å². The zero-order valence-electron chi connectivity index (χ0n) is 22.2. The molecule has 0 saturated heterocycles. The van der Waals surface area contributed by atoms with E-state index in [-0.39, 0.29) is 25.1 Å². The molecule has 0 fully saturated rings. The van der Waals surface area contributed by atoms with Crippen molar-refractivity contribution in [3.05, 3.63) is 58.6 Å². The zero-order valence-corrected chi connectivity index (χ0v) is 23.0. The first-order valence-corrected chi connectivity index (χ1v) is 12.5. The molecule has 0 radical (unpaired) electrons. The van der Waals surface area contributed by atoms with Gasteiger partial charge in [-0.1, -0.05) is 35.9 Å². The third-order valence-electron chi connectivity index (χ3n) is 5.53. The van der Waals surface area contributed by atoms with Gasteiger partial charge >= 0.3 is 6.09 Å². The van der Waals surface area contributed by atoms with Crippen molar-refractivity contribution in [2.45, 2.75) is 65.1 Å². The Balaban J connectivity index is 2.48. The Morgan fingerprint density at radius 3 is 2.26 bits per heavy atom. The van der Waals surface area contributed by atoms with Gasteiger partial charge in [-0.25, -0.2) is 4.79 Å². The number of hydrogen-bond donors (Lipinski definition) is 4. The van der Waals surface area contributed by atoms with Gasteiger partial charge in [0.15, 0.2) is 0 Å². The summed E-state index contributed by atoms with van der Waals surface area (Å²) in [5, 5.41) is 15.4. The number of nitrogens with one attached hydrogen (secondary N) is 2. The molecule has 10 nitrogen and oxygen atoms in total. The van der Waals surface area contributed by atoms with Crippen molar-refractivity contribution in [3.8, 4) is 5.75 Å². The fourth-order valence-corrected chi connectivity index (χ4v) is 4.04. The van der Waals surface area contributed by atoms with Crippen LogP contribution in [0.3, 0.4) is 0 Å². The predicted molar refractivity (Wildman–Crippen MR) is 145 cm³/mol. The number of alkyl carbamates (subject to hydrolysis) is 1. The average Bonchev–Trinajstić information content (AvgIpc) is 2.81. The van der Waals surface area contributed by atoms with Crippen molar-refractivity contribution in [2.75, 3.05) is 11.9 Å². The quantitative estimate of drug-likeness (QED) is 0.353. The van der Waals surface area contributed by atoms with Crippen LogP contribution in [0.4, 0.5) is 10.5 Å². The molecule has 2 unspecified atom stereocenters. The SMILES string of the molecule is CCN(C(=O)C(CCC(N)=O)NC(=O)OC(C)(C)C)C(C(=O)Nc1c(C)cccc1Cl)c1ccc(O)cc1. The van der Waals surface area contributed by atoms with E-state index < -0.39 is 41.5 Å². The van der Waals surface area contributed by atoms with Crippen LogP contribution in [0.15, 0.2) is 42.5 Å². The highest BCUT2D eigenvalue weighted by Gasteiger charge is 2.36. The number of phenols is 1. The molecule has 2 rings (SSSR count). The molecule has 0 bridgehead atoms. The van der Waals surface area contributed by atoms with E-state index in [4.69, 9.17) is 22.1 Å². The van der Waals surface area contributed by atoms with Crippen molar-refractivity contribution in [3.63, 3.8) is 0 Å². The van der Waals surface area contributed by atoms with Crippen molar-refractivity contribution in [2.24, 2.45) is 5.73 Å². The number of nitrogens with two attached hydrogens (primary N) is 1. The molecule has 0 aliphatic carbocycles. The summed E-state index contributed by atoms with van der Waals surface area (Å²) in [6, 6.07) is 8.64. The molecular weight excluding hydrogens is 512 g/mol. The highest BCUT2D eigenvalue weighted by atomic mass is 35.5. The number of benzene rings is 2. The number of carbonyl (C=O) groups excluding carboxylic acids is 4. The van der Waals surface area contributed by atoms with E-state index in [0.717, 1.165) is 5.56 Å². The monoisotopic (exact) mass is 546 g/mol. The van der Waals surface area contributed by atoms with Crippen molar-refractivity contribution < 1.29 is 29.0 Å². The van der Waals surface area contributed by atoms with Gasteiger partial charge in [0.1, 0.15) is 23.4 Å². The van der Waals surface area contributed by atoms with Gasteiger partial charge < -0.3 is 31.1 Å². The second kappa shape index (κ2) is 13.1. The lowest BCUT2D eigenvalue weighted by molar-refractivity contribution is -0.140. The van der Waals surface area contributed by atoms with Crippen LogP contribution in [0.25, 0.3) is 0 Å². The Hall–Kier alpha value is -3.79. The minimum absolute atomic E-state index is 0.0184. The number of para-hydroxylation sites is 1. The largest absolute Gasteiger partial charge is 0.508 e. The fourth-order valence-electron chi connectivity index (χ4n) is 3.77. The van der Waals surface area contributed by atoms with Crippen LogP contribution in [0.1, 0.15) is 57.7 Å². The number of phenolic OH excluding ortho intramolecular Hbond substituents is 1.